The Bertz CT molecular complexity index is 273. The van der Waals surface area contributed by atoms with Crippen LogP contribution >= 0.6 is 0 Å². The number of amides is 2. The zero-order chi connectivity index (χ0) is 15.7. The molecule has 0 aliphatic rings. The van der Waals surface area contributed by atoms with E-state index in [0.717, 1.165) is 0 Å². The highest BCUT2D eigenvalue weighted by Crippen LogP contribution is 2.15. The quantitative estimate of drug-likeness (QED) is 0.735. The van der Waals surface area contributed by atoms with E-state index in [1.54, 1.807) is 10.0 Å². The van der Waals surface area contributed by atoms with E-state index in [-0.39, 0.29) is 29.8 Å². The molecule has 0 N–H and O–H groups in total. The van der Waals surface area contributed by atoms with Crippen molar-refractivity contribution < 1.29 is 9.59 Å². The fourth-order valence-electron chi connectivity index (χ4n) is 1.69. The van der Waals surface area contributed by atoms with Crippen LogP contribution in [0.2, 0.25) is 0 Å². The smallest absolute Gasteiger partial charge is 0.243 e. The Morgan fingerprint density at radius 1 is 0.842 bits per heavy atom. The summed E-state index contributed by atoms with van der Waals surface area (Å²) in [5, 5.41) is 3.19. The molecule has 114 valence electrons. The minimum atomic E-state index is -0.108. The van der Waals surface area contributed by atoms with E-state index >= 15 is 0 Å². The molecule has 0 aromatic heterocycles. The third-order valence-electron chi connectivity index (χ3n) is 2.49. The summed E-state index contributed by atoms with van der Waals surface area (Å²) in [5.41, 5.74) is 0. The SMILES string of the molecule is CC.CCC(=O)N(C(C)C)N(C(=O)C(C)C)C(C)C. The summed E-state index contributed by atoms with van der Waals surface area (Å²) in [5.74, 6) is -0.124. The standard InChI is InChI=1S/C13H26N2O2.C2H6/c1-8-12(16)14(10(4)5)15(11(6)7)13(17)9(2)3;1-2/h9-11H,8H2,1-7H3;1-2H3. The molecule has 0 aliphatic carbocycles. The first-order valence-electron chi connectivity index (χ1n) is 7.39. The third kappa shape index (κ3) is 6.08. The predicted molar refractivity (Wildman–Crippen MR) is 80.4 cm³/mol. The van der Waals surface area contributed by atoms with Crippen molar-refractivity contribution in [2.24, 2.45) is 5.92 Å². The molecule has 0 atom stereocenters. The fourth-order valence-corrected chi connectivity index (χ4v) is 1.69. The molecule has 0 bridgehead atoms. The molecule has 19 heavy (non-hydrogen) atoms. The molecular weight excluding hydrogens is 240 g/mol. The molecular formula is C15H32N2O2. The normalized spacial score (nSPS) is 10.3. The van der Waals surface area contributed by atoms with Gasteiger partial charge in [0, 0.05) is 24.4 Å². The summed E-state index contributed by atoms with van der Waals surface area (Å²) in [6, 6.07) is -0.0182. The molecule has 0 unspecified atom stereocenters. The zero-order valence-electron chi connectivity index (χ0n) is 14.2. The number of hydrogen-bond donors (Lipinski definition) is 0. The molecule has 0 aromatic rings. The first-order valence-corrected chi connectivity index (χ1v) is 7.39. The van der Waals surface area contributed by atoms with E-state index in [1.807, 2.05) is 62.3 Å². The second-order valence-corrected chi connectivity index (χ2v) is 5.12. The van der Waals surface area contributed by atoms with Crippen LogP contribution in [0.3, 0.4) is 0 Å². The van der Waals surface area contributed by atoms with Gasteiger partial charge in [-0.05, 0) is 27.7 Å². The van der Waals surface area contributed by atoms with E-state index in [1.165, 1.54) is 0 Å². The third-order valence-corrected chi connectivity index (χ3v) is 2.49. The maximum absolute atomic E-state index is 12.2. The van der Waals surface area contributed by atoms with E-state index in [0.29, 0.717) is 6.42 Å². The average Bonchev–Trinajstić information content (AvgIpc) is 2.35. The number of hydrogen-bond acceptors (Lipinski definition) is 2. The second-order valence-electron chi connectivity index (χ2n) is 5.12. The molecule has 0 saturated heterocycles. The lowest BCUT2D eigenvalue weighted by molar-refractivity contribution is -0.174. The Morgan fingerprint density at radius 2 is 1.21 bits per heavy atom. The lowest BCUT2D eigenvalue weighted by Gasteiger charge is -2.41. The molecule has 0 rings (SSSR count). The molecule has 2 amide bonds. The molecule has 0 radical (unpaired) electrons. The minimum Gasteiger partial charge on any atom is -0.273 e. The van der Waals surface area contributed by atoms with Crippen LogP contribution < -0.4 is 0 Å². The average molecular weight is 272 g/mol. The lowest BCUT2D eigenvalue weighted by atomic mass is 10.1. The van der Waals surface area contributed by atoms with Crippen LogP contribution in [0.5, 0.6) is 0 Å². The summed E-state index contributed by atoms with van der Waals surface area (Å²) in [6.45, 7) is 17.2. The van der Waals surface area contributed by atoms with Crippen LogP contribution in [0.1, 0.15) is 68.7 Å². The van der Waals surface area contributed by atoms with E-state index in [2.05, 4.69) is 0 Å². The fraction of sp³-hybridized carbons (Fsp3) is 0.867. The summed E-state index contributed by atoms with van der Waals surface area (Å²) in [7, 11) is 0. The van der Waals surface area contributed by atoms with Crippen LogP contribution in [0.15, 0.2) is 0 Å². The maximum atomic E-state index is 12.2. The van der Waals surface area contributed by atoms with Crippen LogP contribution in [0.25, 0.3) is 0 Å². The summed E-state index contributed by atoms with van der Waals surface area (Å²) >= 11 is 0. The van der Waals surface area contributed by atoms with Crippen LogP contribution in [0.4, 0.5) is 0 Å². The topological polar surface area (TPSA) is 40.6 Å². The first-order chi connectivity index (χ1) is 8.73. The van der Waals surface area contributed by atoms with Crippen LogP contribution in [-0.4, -0.2) is 33.9 Å². The van der Waals surface area contributed by atoms with Crippen LogP contribution in [-0.2, 0) is 9.59 Å². The van der Waals surface area contributed by atoms with Crippen molar-refractivity contribution in [2.45, 2.75) is 80.8 Å². The number of carbonyl (C=O) groups is 2. The van der Waals surface area contributed by atoms with Gasteiger partial charge < -0.3 is 0 Å². The maximum Gasteiger partial charge on any atom is 0.243 e. The van der Waals surface area contributed by atoms with Gasteiger partial charge >= 0.3 is 0 Å². The highest BCUT2D eigenvalue weighted by Gasteiger charge is 2.30. The van der Waals surface area contributed by atoms with E-state index in [4.69, 9.17) is 0 Å². The zero-order valence-corrected chi connectivity index (χ0v) is 14.2. The summed E-state index contributed by atoms with van der Waals surface area (Å²) in [4.78, 5) is 24.1. The summed E-state index contributed by atoms with van der Waals surface area (Å²) < 4.78 is 0. The first kappa shape index (κ1) is 20.3. The van der Waals surface area contributed by atoms with Crippen LogP contribution in [0, 0.1) is 5.92 Å². The van der Waals surface area contributed by atoms with Gasteiger partial charge in [0.05, 0.1) is 0 Å². The molecule has 0 spiro atoms. The Balaban J connectivity index is 0. The monoisotopic (exact) mass is 272 g/mol. The molecule has 0 fully saturated rings. The van der Waals surface area contributed by atoms with Gasteiger partial charge in [0.2, 0.25) is 11.8 Å². The highest BCUT2D eigenvalue weighted by atomic mass is 16.2. The van der Waals surface area contributed by atoms with Gasteiger partial charge in [0.15, 0.2) is 0 Å². The Labute approximate surface area is 119 Å². The Morgan fingerprint density at radius 3 is 1.42 bits per heavy atom. The van der Waals surface area contributed by atoms with Gasteiger partial charge in [0.25, 0.3) is 0 Å². The minimum absolute atomic E-state index is 0.00417. The number of hydrazine groups is 1. The van der Waals surface area contributed by atoms with E-state index in [9.17, 15) is 9.59 Å². The molecule has 4 heteroatoms. The van der Waals surface area contributed by atoms with Gasteiger partial charge in [-0.25, -0.2) is 10.0 Å². The molecule has 0 aromatic carbocycles. The number of rotatable bonds is 4. The molecule has 0 heterocycles. The predicted octanol–water partition coefficient (Wildman–Crippen LogP) is 3.47. The van der Waals surface area contributed by atoms with Crippen molar-refractivity contribution in [3.05, 3.63) is 0 Å². The Kier molecular flexibility index (Phi) is 10.5. The van der Waals surface area contributed by atoms with Gasteiger partial charge in [-0.1, -0.05) is 34.6 Å². The van der Waals surface area contributed by atoms with Crippen molar-refractivity contribution in [3.8, 4) is 0 Å². The lowest BCUT2D eigenvalue weighted by Crippen LogP contribution is -2.56. The molecule has 4 nitrogen and oxygen atoms in total. The molecule has 0 saturated carbocycles. The Hall–Kier alpha value is -1.06. The van der Waals surface area contributed by atoms with Gasteiger partial charge in [-0.15, -0.1) is 0 Å². The number of nitrogens with zero attached hydrogens (tertiary/aromatic N) is 2. The van der Waals surface area contributed by atoms with Crippen molar-refractivity contribution in [3.63, 3.8) is 0 Å². The van der Waals surface area contributed by atoms with Gasteiger partial charge in [-0.3, -0.25) is 9.59 Å². The highest BCUT2D eigenvalue weighted by molar-refractivity contribution is 5.83. The summed E-state index contributed by atoms with van der Waals surface area (Å²) in [6.07, 6.45) is 0.409. The van der Waals surface area contributed by atoms with E-state index < -0.39 is 0 Å². The largest absolute Gasteiger partial charge is 0.273 e. The van der Waals surface area contributed by atoms with Crippen molar-refractivity contribution in [1.82, 2.24) is 10.0 Å². The molecule has 0 aliphatic heterocycles. The van der Waals surface area contributed by atoms with Gasteiger partial charge in [-0.2, -0.15) is 0 Å². The van der Waals surface area contributed by atoms with Gasteiger partial charge in [0.1, 0.15) is 0 Å². The van der Waals surface area contributed by atoms with Crippen molar-refractivity contribution in [2.75, 3.05) is 0 Å². The number of carbonyl (C=O) groups excluding carboxylic acids is 2. The second kappa shape index (κ2) is 9.82. The van der Waals surface area contributed by atoms with Crippen molar-refractivity contribution in [1.29, 1.82) is 0 Å². The van der Waals surface area contributed by atoms with Crippen molar-refractivity contribution >= 4 is 11.8 Å².